The molecule has 0 unspecified atom stereocenters. The second kappa shape index (κ2) is 6.19. The van der Waals surface area contributed by atoms with Gasteiger partial charge in [0.1, 0.15) is 11.9 Å². The standard InChI is InChI=1S/C19H20N2O5/c1-10-11(7-16(25-2)18(24)17(10)23)19-20-12-5-3-4-6-13(12)21(19)14-8-26-9-15(14)22/h3-7,14-15,22-24H,8-9H2,1-2H3/t14-,15-/m0/s1. The number of imidazole rings is 1. The van der Waals surface area contributed by atoms with Crippen LogP contribution in [0.4, 0.5) is 0 Å². The summed E-state index contributed by atoms with van der Waals surface area (Å²) in [4.78, 5) is 4.72. The molecule has 136 valence electrons. The van der Waals surface area contributed by atoms with Gasteiger partial charge in [0.05, 0.1) is 37.4 Å². The lowest BCUT2D eigenvalue weighted by atomic mass is 10.0. The molecule has 2 heterocycles. The van der Waals surface area contributed by atoms with Crippen molar-refractivity contribution in [3.8, 4) is 28.6 Å². The van der Waals surface area contributed by atoms with E-state index in [9.17, 15) is 15.3 Å². The van der Waals surface area contributed by atoms with Crippen molar-refractivity contribution in [2.24, 2.45) is 0 Å². The lowest BCUT2D eigenvalue weighted by Gasteiger charge is -2.20. The van der Waals surface area contributed by atoms with E-state index in [1.165, 1.54) is 7.11 Å². The minimum atomic E-state index is -0.653. The van der Waals surface area contributed by atoms with Crippen molar-refractivity contribution in [1.82, 2.24) is 9.55 Å². The van der Waals surface area contributed by atoms with E-state index in [0.29, 0.717) is 23.6 Å². The molecule has 26 heavy (non-hydrogen) atoms. The number of benzene rings is 2. The van der Waals surface area contributed by atoms with Crippen LogP contribution in [0.3, 0.4) is 0 Å². The van der Waals surface area contributed by atoms with Crippen LogP contribution in [0.25, 0.3) is 22.4 Å². The number of aromatic nitrogens is 2. The number of methoxy groups -OCH3 is 1. The summed E-state index contributed by atoms with van der Waals surface area (Å²) < 4.78 is 12.6. The van der Waals surface area contributed by atoms with Crippen LogP contribution < -0.4 is 4.74 Å². The summed E-state index contributed by atoms with van der Waals surface area (Å²) in [6.45, 7) is 2.34. The van der Waals surface area contributed by atoms with Gasteiger partial charge in [0.15, 0.2) is 11.5 Å². The molecule has 2 aromatic carbocycles. The van der Waals surface area contributed by atoms with Crippen LogP contribution in [0.1, 0.15) is 11.6 Å². The summed E-state index contributed by atoms with van der Waals surface area (Å²) >= 11 is 0. The number of ether oxygens (including phenoxy) is 2. The Labute approximate surface area is 150 Å². The van der Waals surface area contributed by atoms with Gasteiger partial charge in [0.2, 0.25) is 5.75 Å². The van der Waals surface area contributed by atoms with Gasteiger partial charge in [-0.15, -0.1) is 0 Å². The predicted octanol–water partition coefficient (Wildman–Crippen LogP) is 2.36. The molecule has 1 saturated heterocycles. The second-order valence-electron chi connectivity index (χ2n) is 6.41. The zero-order valence-electron chi connectivity index (χ0n) is 14.5. The molecule has 1 aromatic heterocycles. The first-order chi connectivity index (χ1) is 12.5. The van der Waals surface area contributed by atoms with Gasteiger partial charge in [-0.2, -0.15) is 0 Å². The van der Waals surface area contributed by atoms with Gasteiger partial charge < -0.3 is 29.4 Å². The highest BCUT2D eigenvalue weighted by Gasteiger charge is 2.32. The highest BCUT2D eigenvalue weighted by Crippen LogP contribution is 2.44. The van der Waals surface area contributed by atoms with Crippen molar-refractivity contribution in [1.29, 1.82) is 0 Å². The molecule has 0 radical (unpaired) electrons. The molecule has 7 heteroatoms. The maximum Gasteiger partial charge on any atom is 0.200 e. The molecule has 3 N–H and O–H groups in total. The van der Waals surface area contributed by atoms with Crippen LogP contribution in [0.5, 0.6) is 17.2 Å². The Hall–Kier alpha value is -2.77. The lowest BCUT2D eigenvalue weighted by molar-refractivity contribution is 0.120. The number of nitrogens with zero attached hydrogens (tertiary/aromatic N) is 2. The third-order valence-electron chi connectivity index (χ3n) is 4.90. The largest absolute Gasteiger partial charge is 0.504 e. The van der Waals surface area contributed by atoms with Crippen LogP contribution in [0.15, 0.2) is 30.3 Å². The molecule has 0 aliphatic carbocycles. The number of phenolic OH excluding ortho intramolecular Hbond substituents is 2. The maximum absolute atomic E-state index is 10.4. The highest BCUT2D eigenvalue weighted by atomic mass is 16.5. The molecule has 0 saturated carbocycles. The van der Waals surface area contributed by atoms with Gasteiger partial charge in [-0.05, 0) is 25.1 Å². The molecular weight excluding hydrogens is 336 g/mol. The number of aliphatic hydroxyl groups is 1. The molecule has 4 rings (SSSR count). The fourth-order valence-electron chi connectivity index (χ4n) is 3.47. The van der Waals surface area contributed by atoms with Gasteiger partial charge in [0.25, 0.3) is 0 Å². The van der Waals surface area contributed by atoms with E-state index in [-0.39, 0.29) is 29.9 Å². The summed E-state index contributed by atoms with van der Waals surface area (Å²) in [6, 6.07) is 8.98. The first-order valence-corrected chi connectivity index (χ1v) is 8.35. The van der Waals surface area contributed by atoms with Crippen molar-refractivity contribution >= 4 is 11.0 Å². The molecular formula is C19H20N2O5. The number of hydrogen-bond donors (Lipinski definition) is 3. The summed E-state index contributed by atoms with van der Waals surface area (Å²) in [5, 5.41) is 30.7. The zero-order valence-corrected chi connectivity index (χ0v) is 14.5. The number of hydrogen-bond acceptors (Lipinski definition) is 6. The fourth-order valence-corrected chi connectivity index (χ4v) is 3.47. The number of aromatic hydroxyl groups is 2. The topological polar surface area (TPSA) is 97.0 Å². The monoisotopic (exact) mass is 356 g/mol. The quantitative estimate of drug-likeness (QED) is 0.624. The van der Waals surface area contributed by atoms with Crippen LogP contribution >= 0.6 is 0 Å². The smallest absolute Gasteiger partial charge is 0.200 e. The van der Waals surface area contributed by atoms with E-state index >= 15 is 0 Å². The minimum absolute atomic E-state index is 0.157. The van der Waals surface area contributed by atoms with E-state index in [1.54, 1.807) is 13.0 Å². The Balaban J connectivity index is 2.02. The van der Waals surface area contributed by atoms with Gasteiger partial charge in [-0.3, -0.25) is 0 Å². The highest BCUT2D eigenvalue weighted by molar-refractivity contribution is 5.83. The van der Waals surface area contributed by atoms with Gasteiger partial charge in [-0.25, -0.2) is 4.98 Å². The number of rotatable bonds is 3. The molecule has 0 spiro atoms. The molecule has 0 amide bonds. The molecule has 1 aliphatic rings. The van der Waals surface area contributed by atoms with Gasteiger partial charge >= 0.3 is 0 Å². The predicted molar refractivity (Wildman–Crippen MR) is 95.7 cm³/mol. The van der Waals surface area contributed by atoms with Crippen LogP contribution in [0, 0.1) is 6.92 Å². The van der Waals surface area contributed by atoms with Crippen LogP contribution in [-0.4, -0.2) is 51.3 Å². The molecule has 1 fully saturated rings. The molecule has 3 aromatic rings. The van der Waals surface area contributed by atoms with Crippen molar-refractivity contribution in [3.63, 3.8) is 0 Å². The van der Waals surface area contributed by atoms with Crippen LogP contribution in [0.2, 0.25) is 0 Å². The summed E-state index contributed by atoms with van der Waals surface area (Å²) in [5.41, 5.74) is 2.73. The Morgan fingerprint density at radius 2 is 1.96 bits per heavy atom. The molecule has 7 nitrogen and oxygen atoms in total. The summed E-state index contributed by atoms with van der Waals surface area (Å²) in [6.07, 6.45) is -0.653. The Kier molecular flexibility index (Phi) is 3.97. The lowest BCUT2D eigenvalue weighted by Crippen LogP contribution is -2.22. The van der Waals surface area contributed by atoms with E-state index in [2.05, 4.69) is 0 Å². The summed E-state index contributed by atoms with van der Waals surface area (Å²) in [7, 11) is 1.42. The van der Waals surface area contributed by atoms with E-state index in [0.717, 1.165) is 11.0 Å². The van der Waals surface area contributed by atoms with Gasteiger partial charge in [-0.1, -0.05) is 12.1 Å². The minimum Gasteiger partial charge on any atom is -0.504 e. The van der Waals surface area contributed by atoms with Crippen molar-refractivity contribution < 1.29 is 24.8 Å². The van der Waals surface area contributed by atoms with Crippen LogP contribution in [-0.2, 0) is 4.74 Å². The SMILES string of the molecule is COc1cc(-c2nc3ccccc3n2[C@H]2COC[C@@H]2O)c(C)c(O)c1O. The molecule has 1 aliphatic heterocycles. The normalized spacial score (nSPS) is 20.0. The van der Waals surface area contributed by atoms with Crippen molar-refractivity contribution in [2.75, 3.05) is 20.3 Å². The first kappa shape index (κ1) is 16.7. The Morgan fingerprint density at radius 1 is 1.19 bits per heavy atom. The number of fused-ring (bicyclic) bond motifs is 1. The third-order valence-corrected chi connectivity index (χ3v) is 4.90. The Bertz CT molecular complexity index is 982. The molecule has 0 bridgehead atoms. The van der Waals surface area contributed by atoms with Gasteiger partial charge in [0, 0.05) is 11.1 Å². The first-order valence-electron chi connectivity index (χ1n) is 8.35. The number of para-hydroxylation sites is 2. The van der Waals surface area contributed by atoms with Crippen molar-refractivity contribution in [2.45, 2.75) is 19.1 Å². The third kappa shape index (κ3) is 2.40. The second-order valence-corrected chi connectivity index (χ2v) is 6.41. The number of phenols is 2. The van der Waals surface area contributed by atoms with E-state index in [4.69, 9.17) is 14.5 Å². The summed E-state index contributed by atoms with van der Waals surface area (Å²) in [5.74, 6) is 0.179. The Morgan fingerprint density at radius 3 is 2.65 bits per heavy atom. The van der Waals surface area contributed by atoms with E-state index in [1.807, 2.05) is 28.8 Å². The average molecular weight is 356 g/mol. The fraction of sp³-hybridized carbons (Fsp3) is 0.316. The van der Waals surface area contributed by atoms with E-state index < -0.39 is 6.10 Å². The zero-order chi connectivity index (χ0) is 18.4. The van der Waals surface area contributed by atoms with Crippen molar-refractivity contribution in [3.05, 3.63) is 35.9 Å². The maximum atomic E-state index is 10.4. The molecule has 2 atom stereocenters. The average Bonchev–Trinajstić information content (AvgIpc) is 3.23. The number of aliphatic hydroxyl groups excluding tert-OH is 1.